The smallest absolute Gasteiger partial charge is 0.311 e. The van der Waals surface area contributed by atoms with Crippen LogP contribution in [0.5, 0.6) is 23.0 Å². The van der Waals surface area contributed by atoms with Crippen molar-refractivity contribution in [1.29, 1.82) is 0 Å². The number of esters is 2. The summed E-state index contributed by atoms with van der Waals surface area (Å²) in [6.07, 6.45) is 0.562. The van der Waals surface area contributed by atoms with Crippen molar-refractivity contribution < 1.29 is 56.5 Å². The average molecular weight is 855 g/mol. The van der Waals surface area contributed by atoms with Crippen LogP contribution in [0, 0.1) is 11.6 Å². The number of halogens is 2. The normalized spacial score (nSPS) is 13.2. The molecule has 0 bridgehead atoms. The Labute approximate surface area is 359 Å². The van der Waals surface area contributed by atoms with Crippen LogP contribution in [0.4, 0.5) is 20.2 Å². The summed E-state index contributed by atoms with van der Waals surface area (Å²) < 4.78 is 53.7. The van der Waals surface area contributed by atoms with E-state index in [9.17, 15) is 28.8 Å². The van der Waals surface area contributed by atoms with Gasteiger partial charge in [-0.05, 0) is 72.9 Å². The third kappa shape index (κ3) is 7.20. The van der Waals surface area contributed by atoms with E-state index in [1.807, 2.05) is 44.2 Å². The van der Waals surface area contributed by atoms with Crippen molar-refractivity contribution >= 4 is 68.5 Å². The highest BCUT2D eigenvalue weighted by molar-refractivity contribution is 6.38. The highest BCUT2D eigenvalue weighted by atomic mass is 19.1. The molecule has 14 heteroatoms. The van der Waals surface area contributed by atoms with Gasteiger partial charge in [0.25, 0.3) is 23.6 Å². The molecule has 0 aromatic heterocycles. The molecule has 4 amide bonds. The van der Waals surface area contributed by atoms with E-state index in [1.165, 1.54) is 12.1 Å². The molecule has 0 N–H and O–H groups in total. The highest BCUT2D eigenvalue weighted by Crippen LogP contribution is 2.45. The van der Waals surface area contributed by atoms with Crippen LogP contribution in [-0.4, -0.2) is 48.8 Å². The van der Waals surface area contributed by atoms with Gasteiger partial charge in [0.15, 0.2) is 11.6 Å². The zero-order valence-corrected chi connectivity index (χ0v) is 34.8. The molecule has 2 heterocycles. The number of carbonyl (C=O) groups is 6. The van der Waals surface area contributed by atoms with Gasteiger partial charge in [-0.15, -0.1) is 0 Å². The van der Waals surface area contributed by atoms with Crippen LogP contribution >= 0.6 is 0 Å². The van der Waals surface area contributed by atoms with Gasteiger partial charge in [-0.25, -0.2) is 18.6 Å². The van der Waals surface area contributed by atoms with Crippen LogP contribution in [-0.2, 0) is 22.4 Å². The van der Waals surface area contributed by atoms with Gasteiger partial charge < -0.3 is 18.9 Å². The molecule has 2 aliphatic heterocycles. The summed E-state index contributed by atoms with van der Waals surface area (Å²) in [4.78, 5) is 82.6. The molecule has 0 radical (unpaired) electrons. The zero-order valence-electron chi connectivity index (χ0n) is 34.8. The molecule has 320 valence electrons. The Morgan fingerprint density at radius 1 is 0.524 bits per heavy atom. The van der Waals surface area contributed by atoms with E-state index in [0.717, 1.165) is 44.8 Å². The second-order valence-electron chi connectivity index (χ2n) is 14.7. The third-order valence-electron chi connectivity index (χ3n) is 11.0. The number of aryl methyl sites for hydroxylation is 2. The largest absolute Gasteiger partial charge is 0.492 e. The topological polar surface area (TPSA) is 146 Å². The van der Waals surface area contributed by atoms with Crippen LogP contribution in [0.25, 0.3) is 21.5 Å². The predicted octanol–water partition coefficient (Wildman–Crippen LogP) is 9.48. The number of hydrogen-bond donors (Lipinski definition) is 0. The van der Waals surface area contributed by atoms with Gasteiger partial charge in [0.1, 0.15) is 23.0 Å². The van der Waals surface area contributed by atoms with Gasteiger partial charge >= 0.3 is 11.9 Å². The lowest BCUT2D eigenvalue weighted by molar-refractivity contribution is -0.140. The third-order valence-corrected chi connectivity index (χ3v) is 11.0. The van der Waals surface area contributed by atoms with Crippen LogP contribution in [0.1, 0.15) is 99.5 Å². The SMILES string of the molecule is CCCc1c2c(c(OCC)c3ccccc13)C(=O)N(c1ccc(OC(=O)CCC(=O)Oc3ccc(N4C(=O)c5c(c(OCC)c6ccccc6c5CC)C4=O)c(F)c3)cc1F)C2=O. The molecule has 6 aromatic rings. The van der Waals surface area contributed by atoms with Crippen LogP contribution < -0.4 is 28.7 Å². The van der Waals surface area contributed by atoms with E-state index < -0.39 is 60.0 Å². The number of rotatable bonds is 14. The molecule has 0 aliphatic carbocycles. The van der Waals surface area contributed by atoms with Crippen molar-refractivity contribution in [2.24, 2.45) is 0 Å². The first-order valence-corrected chi connectivity index (χ1v) is 20.6. The fourth-order valence-electron chi connectivity index (χ4n) is 8.40. The lowest BCUT2D eigenvalue weighted by atomic mass is 9.91. The summed E-state index contributed by atoms with van der Waals surface area (Å²) in [6.45, 7) is 7.76. The second kappa shape index (κ2) is 17.1. The Balaban J connectivity index is 0.931. The van der Waals surface area contributed by atoms with Crippen molar-refractivity contribution in [3.05, 3.63) is 130 Å². The van der Waals surface area contributed by atoms with Gasteiger partial charge in [-0.3, -0.25) is 28.8 Å². The molecule has 0 atom stereocenters. The van der Waals surface area contributed by atoms with Gasteiger partial charge in [0.05, 0.1) is 59.7 Å². The molecular formula is C49H40F2N2O10. The first-order chi connectivity index (χ1) is 30.4. The summed E-state index contributed by atoms with van der Waals surface area (Å²) >= 11 is 0. The van der Waals surface area contributed by atoms with Crippen molar-refractivity contribution in [2.75, 3.05) is 23.0 Å². The maximum Gasteiger partial charge on any atom is 0.311 e. The van der Waals surface area contributed by atoms with E-state index in [4.69, 9.17) is 18.9 Å². The Bertz CT molecular complexity index is 2880. The molecular weight excluding hydrogens is 815 g/mol. The van der Waals surface area contributed by atoms with Crippen molar-refractivity contribution in [1.82, 2.24) is 0 Å². The van der Waals surface area contributed by atoms with Gasteiger partial charge in [0, 0.05) is 22.9 Å². The standard InChI is InChI=1S/C49H40F2N2O10/c1-5-13-31-30-15-10-12-17-33(30)45(61-8-4)43-41(31)47(57)53(49(43)59)37-21-19-27(25-35(37)51)63-39(55)23-22-38(54)62-26-18-20-36(34(50)24-26)52-46(56)40-28(6-2)29-14-9-11-16-32(29)44(60-7-3)42(40)48(52)58/h9-12,14-21,24-25H,5-8,13,22-23H2,1-4H3. The number of hydrogen-bond acceptors (Lipinski definition) is 10. The van der Waals surface area contributed by atoms with E-state index in [-0.39, 0.29) is 69.8 Å². The lowest BCUT2D eigenvalue weighted by Gasteiger charge is -2.16. The minimum absolute atomic E-state index is 0.0480. The minimum atomic E-state index is -1.02. The molecule has 63 heavy (non-hydrogen) atoms. The summed E-state index contributed by atoms with van der Waals surface area (Å²) in [5, 5.41) is 2.82. The second-order valence-corrected chi connectivity index (χ2v) is 14.7. The number of anilines is 2. The highest BCUT2D eigenvalue weighted by Gasteiger charge is 2.45. The Morgan fingerprint density at radius 2 is 0.921 bits per heavy atom. The van der Waals surface area contributed by atoms with Crippen molar-refractivity contribution in [3.63, 3.8) is 0 Å². The Morgan fingerprint density at radius 3 is 1.32 bits per heavy atom. The molecule has 0 fully saturated rings. The monoisotopic (exact) mass is 854 g/mol. The molecule has 0 spiro atoms. The number of benzene rings is 6. The van der Waals surface area contributed by atoms with E-state index >= 15 is 8.78 Å². The fraction of sp³-hybridized carbons (Fsp3) is 0.224. The molecule has 0 saturated heterocycles. The lowest BCUT2D eigenvalue weighted by Crippen LogP contribution is -2.30. The number of carbonyl (C=O) groups excluding carboxylic acids is 6. The van der Waals surface area contributed by atoms with Gasteiger partial charge in [-0.2, -0.15) is 0 Å². The number of nitrogens with zero attached hydrogens (tertiary/aromatic N) is 2. The van der Waals surface area contributed by atoms with E-state index in [1.54, 1.807) is 32.0 Å². The number of amides is 4. The summed E-state index contributed by atoms with van der Waals surface area (Å²) in [5.74, 6) is -6.88. The molecule has 8 rings (SSSR count). The van der Waals surface area contributed by atoms with E-state index in [2.05, 4.69) is 0 Å². The van der Waals surface area contributed by atoms with E-state index in [0.29, 0.717) is 41.2 Å². The zero-order chi connectivity index (χ0) is 44.7. The maximum absolute atomic E-state index is 15.7. The summed E-state index contributed by atoms with van der Waals surface area (Å²) in [5.41, 5.74) is 0.983. The molecule has 0 saturated carbocycles. The van der Waals surface area contributed by atoms with Crippen LogP contribution in [0.3, 0.4) is 0 Å². The number of fused-ring (bicyclic) bond motifs is 4. The Kier molecular flexibility index (Phi) is 11.5. The molecule has 6 aromatic carbocycles. The Hall–Kier alpha value is -7.48. The first-order valence-electron chi connectivity index (χ1n) is 20.6. The average Bonchev–Trinajstić information content (AvgIpc) is 3.68. The van der Waals surface area contributed by atoms with Crippen molar-refractivity contribution in [2.45, 2.75) is 59.8 Å². The number of imide groups is 2. The summed E-state index contributed by atoms with van der Waals surface area (Å²) in [7, 11) is 0. The first kappa shape index (κ1) is 42.2. The minimum Gasteiger partial charge on any atom is -0.492 e. The predicted molar refractivity (Wildman–Crippen MR) is 229 cm³/mol. The molecule has 12 nitrogen and oxygen atoms in total. The molecule has 0 unspecified atom stereocenters. The maximum atomic E-state index is 15.7. The van der Waals surface area contributed by atoms with Gasteiger partial charge in [0.2, 0.25) is 0 Å². The quantitative estimate of drug-likeness (QED) is 0.0590. The fourth-order valence-corrected chi connectivity index (χ4v) is 8.40. The molecule has 2 aliphatic rings. The van der Waals surface area contributed by atoms with Crippen LogP contribution in [0.15, 0.2) is 84.9 Å². The number of ether oxygens (including phenoxy) is 4. The van der Waals surface area contributed by atoms with Gasteiger partial charge in [-0.1, -0.05) is 68.8 Å². The van der Waals surface area contributed by atoms with Crippen LogP contribution in [0.2, 0.25) is 0 Å². The summed E-state index contributed by atoms with van der Waals surface area (Å²) in [6, 6.07) is 21.0. The van der Waals surface area contributed by atoms with Crippen molar-refractivity contribution in [3.8, 4) is 23.0 Å².